The molecule has 0 radical (unpaired) electrons. The second kappa shape index (κ2) is 7.31. The number of imidazole rings is 1. The fourth-order valence-electron chi connectivity index (χ4n) is 3.19. The lowest BCUT2D eigenvalue weighted by Gasteiger charge is -2.10. The first-order chi connectivity index (χ1) is 13.6. The highest BCUT2D eigenvalue weighted by Gasteiger charge is 2.16. The Kier molecular flexibility index (Phi) is 4.69. The number of fused-ring (bicyclic) bond motifs is 1. The molecule has 0 atom stereocenters. The van der Waals surface area contributed by atoms with Crippen LogP contribution in [0.1, 0.15) is 11.3 Å². The maximum absolute atomic E-state index is 13.9. The molecule has 0 aliphatic carbocycles. The summed E-state index contributed by atoms with van der Waals surface area (Å²) in [5, 5.41) is 0. The van der Waals surface area contributed by atoms with E-state index in [9.17, 15) is 8.78 Å². The summed E-state index contributed by atoms with van der Waals surface area (Å²) in [7, 11) is 1.62. The van der Waals surface area contributed by atoms with Crippen molar-refractivity contribution in [3.63, 3.8) is 0 Å². The van der Waals surface area contributed by atoms with Crippen LogP contribution in [-0.2, 0) is 6.61 Å². The van der Waals surface area contributed by atoms with Crippen LogP contribution in [-0.4, -0.2) is 16.5 Å². The number of ether oxygens (including phenoxy) is 2. The predicted molar refractivity (Wildman–Crippen MR) is 103 cm³/mol. The Hall–Kier alpha value is -3.41. The SMILES string of the molecule is COc1ccc(-c2c(C)nc3c(OCc4c(F)cccc4F)cccn23)cc1. The highest BCUT2D eigenvalue weighted by atomic mass is 19.1. The first-order valence-corrected chi connectivity index (χ1v) is 8.76. The van der Waals surface area contributed by atoms with E-state index in [1.54, 1.807) is 13.2 Å². The summed E-state index contributed by atoms with van der Waals surface area (Å²) in [5.74, 6) is -0.0463. The quantitative estimate of drug-likeness (QED) is 0.479. The zero-order valence-electron chi connectivity index (χ0n) is 15.4. The third-order valence-corrected chi connectivity index (χ3v) is 4.59. The van der Waals surface area contributed by atoms with Crippen LogP contribution >= 0.6 is 0 Å². The predicted octanol–water partition coefficient (Wildman–Crippen LogP) is 5.18. The number of pyridine rings is 1. The van der Waals surface area contributed by atoms with Crippen molar-refractivity contribution in [2.24, 2.45) is 0 Å². The van der Waals surface area contributed by atoms with E-state index < -0.39 is 11.6 Å². The van der Waals surface area contributed by atoms with Gasteiger partial charge in [-0.3, -0.25) is 4.40 Å². The summed E-state index contributed by atoms with van der Waals surface area (Å²) in [6.07, 6.45) is 1.88. The third-order valence-electron chi connectivity index (χ3n) is 4.59. The van der Waals surface area contributed by atoms with Gasteiger partial charge in [0.05, 0.1) is 24.1 Å². The molecule has 4 aromatic rings. The van der Waals surface area contributed by atoms with Crippen LogP contribution in [0.5, 0.6) is 11.5 Å². The van der Waals surface area contributed by atoms with E-state index in [0.29, 0.717) is 11.4 Å². The van der Waals surface area contributed by atoms with Gasteiger partial charge in [-0.2, -0.15) is 0 Å². The van der Waals surface area contributed by atoms with Crippen molar-refractivity contribution >= 4 is 5.65 Å². The fourth-order valence-corrected chi connectivity index (χ4v) is 3.19. The lowest BCUT2D eigenvalue weighted by Crippen LogP contribution is -2.03. The van der Waals surface area contributed by atoms with Gasteiger partial charge in [0.25, 0.3) is 0 Å². The Bertz CT molecular complexity index is 1120. The molecule has 4 nitrogen and oxygen atoms in total. The Morgan fingerprint density at radius 2 is 1.68 bits per heavy atom. The van der Waals surface area contributed by atoms with Gasteiger partial charge < -0.3 is 9.47 Å². The van der Waals surface area contributed by atoms with Crippen LogP contribution in [0.15, 0.2) is 60.8 Å². The first kappa shape index (κ1) is 18.0. The molecule has 0 N–H and O–H groups in total. The van der Waals surface area contributed by atoms with Crippen molar-refractivity contribution in [3.8, 4) is 22.8 Å². The molecule has 0 saturated carbocycles. The lowest BCUT2D eigenvalue weighted by atomic mass is 10.1. The maximum atomic E-state index is 13.9. The van der Waals surface area contributed by atoms with Gasteiger partial charge in [-0.25, -0.2) is 13.8 Å². The van der Waals surface area contributed by atoms with Crippen LogP contribution in [0, 0.1) is 18.6 Å². The van der Waals surface area contributed by atoms with E-state index >= 15 is 0 Å². The van der Waals surface area contributed by atoms with Crippen molar-refractivity contribution in [1.82, 2.24) is 9.38 Å². The molecule has 0 bridgehead atoms. The minimum Gasteiger partial charge on any atom is -0.497 e. The number of nitrogens with zero attached hydrogens (tertiary/aromatic N) is 2. The van der Waals surface area contributed by atoms with E-state index in [1.165, 1.54) is 18.2 Å². The van der Waals surface area contributed by atoms with Crippen molar-refractivity contribution in [1.29, 1.82) is 0 Å². The number of aryl methyl sites for hydroxylation is 1. The van der Waals surface area contributed by atoms with Crippen molar-refractivity contribution in [2.75, 3.05) is 7.11 Å². The van der Waals surface area contributed by atoms with Crippen LogP contribution in [0.2, 0.25) is 0 Å². The average molecular weight is 380 g/mol. The molecule has 2 heterocycles. The topological polar surface area (TPSA) is 35.8 Å². The smallest absolute Gasteiger partial charge is 0.180 e. The molecule has 0 saturated heterocycles. The normalized spacial score (nSPS) is 11.0. The molecule has 0 fully saturated rings. The monoisotopic (exact) mass is 380 g/mol. The van der Waals surface area contributed by atoms with Crippen molar-refractivity contribution in [3.05, 3.63) is 83.7 Å². The van der Waals surface area contributed by atoms with Gasteiger partial charge in [-0.15, -0.1) is 0 Å². The Morgan fingerprint density at radius 3 is 2.36 bits per heavy atom. The van der Waals surface area contributed by atoms with Crippen molar-refractivity contribution in [2.45, 2.75) is 13.5 Å². The summed E-state index contributed by atoms with van der Waals surface area (Å²) in [4.78, 5) is 4.61. The molecule has 142 valence electrons. The van der Waals surface area contributed by atoms with Crippen LogP contribution < -0.4 is 9.47 Å². The molecule has 28 heavy (non-hydrogen) atoms. The number of aromatic nitrogens is 2. The van der Waals surface area contributed by atoms with E-state index in [1.807, 2.05) is 47.9 Å². The minimum atomic E-state index is -0.634. The Morgan fingerprint density at radius 1 is 0.964 bits per heavy atom. The van der Waals surface area contributed by atoms with Gasteiger partial charge in [0.1, 0.15) is 24.0 Å². The van der Waals surface area contributed by atoms with E-state index in [0.717, 1.165) is 22.7 Å². The zero-order valence-corrected chi connectivity index (χ0v) is 15.4. The molecule has 0 aliphatic heterocycles. The molecule has 0 unspecified atom stereocenters. The van der Waals surface area contributed by atoms with E-state index in [2.05, 4.69) is 4.98 Å². The molecular weight excluding hydrogens is 362 g/mol. The first-order valence-electron chi connectivity index (χ1n) is 8.76. The number of halogens is 2. The summed E-state index contributed by atoms with van der Waals surface area (Å²) >= 11 is 0. The molecule has 0 amide bonds. The highest BCUT2D eigenvalue weighted by Crippen LogP contribution is 2.30. The standard InChI is InChI=1S/C22H18F2N2O2/c1-14-21(15-8-10-16(27-2)11-9-15)26-12-4-7-20(22(26)25-14)28-13-17-18(23)5-3-6-19(17)24/h3-12H,13H2,1-2H3. The molecule has 2 aromatic carbocycles. The second-order valence-electron chi connectivity index (χ2n) is 6.33. The van der Waals surface area contributed by atoms with Gasteiger partial charge in [0.15, 0.2) is 11.4 Å². The number of hydrogen-bond acceptors (Lipinski definition) is 3. The zero-order chi connectivity index (χ0) is 19.7. The number of methoxy groups -OCH3 is 1. The summed E-state index contributed by atoms with van der Waals surface area (Å²) in [5.41, 5.74) is 3.19. The van der Waals surface area contributed by atoms with Gasteiger partial charge in [-0.1, -0.05) is 6.07 Å². The molecule has 6 heteroatoms. The number of benzene rings is 2. The molecule has 0 aliphatic rings. The van der Waals surface area contributed by atoms with Crippen LogP contribution in [0.4, 0.5) is 8.78 Å². The van der Waals surface area contributed by atoms with E-state index in [4.69, 9.17) is 9.47 Å². The van der Waals surface area contributed by atoms with Crippen LogP contribution in [0.3, 0.4) is 0 Å². The second-order valence-corrected chi connectivity index (χ2v) is 6.33. The summed E-state index contributed by atoms with van der Waals surface area (Å²) < 4.78 is 40.6. The molecule has 0 spiro atoms. The van der Waals surface area contributed by atoms with Gasteiger partial charge in [0, 0.05) is 11.8 Å². The van der Waals surface area contributed by atoms with Gasteiger partial charge in [-0.05, 0) is 55.5 Å². The Balaban J connectivity index is 1.71. The summed E-state index contributed by atoms with van der Waals surface area (Å²) in [6, 6.07) is 15.0. The minimum absolute atomic E-state index is 0.108. The highest BCUT2D eigenvalue weighted by molar-refractivity contribution is 5.70. The average Bonchev–Trinajstić information content (AvgIpc) is 3.04. The number of hydrogen-bond donors (Lipinski definition) is 0. The molecule has 4 rings (SSSR count). The van der Waals surface area contributed by atoms with Crippen molar-refractivity contribution < 1.29 is 18.3 Å². The van der Waals surface area contributed by atoms with E-state index in [-0.39, 0.29) is 12.2 Å². The van der Waals surface area contributed by atoms with Crippen LogP contribution in [0.25, 0.3) is 16.9 Å². The third kappa shape index (κ3) is 3.17. The fraction of sp³-hybridized carbons (Fsp3) is 0.136. The van der Waals surface area contributed by atoms with Gasteiger partial charge >= 0.3 is 0 Å². The summed E-state index contributed by atoms with van der Waals surface area (Å²) in [6.45, 7) is 1.69. The molecule has 2 aromatic heterocycles. The number of rotatable bonds is 5. The lowest BCUT2D eigenvalue weighted by molar-refractivity contribution is 0.294. The molecular formula is C22H18F2N2O2. The largest absolute Gasteiger partial charge is 0.497 e. The maximum Gasteiger partial charge on any atom is 0.180 e. The van der Waals surface area contributed by atoms with Gasteiger partial charge in [0.2, 0.25) is 0 Å². The Labute approximate surface area is 161 Å².